The molecule has 0 atom stereocenters. The predicted octanol–water partition coefficient (Wildman–Crippen LogP) is 0.836. The van der Waals surface area contributed by atoms with Gasteiger partial charge in [-0.15, -0.1) is 0 Å². The Balaban J connectivity index is 2.29. The number of pyridine rings is 1. The number of hydrogen-bond donors (Lipinski definition) is 0. The summed E-state index contributed by atoms with van der Waals surface area (Å²) in [5.41, 5.74) is 2.93. The van der Waals surface area contributed by atoms with Gasteiger partial charge in [0.05, 0.1) is 17.0 Å². The number of fused-ring (bicyclic) bond motifs is 3. The van der Waals surface area contributed by atoms with E-state index < -0.39 is 0 Å². The van der Waals surface area contributed by atoms with Crippen LogP contribution in [-0.2, 0) is 4.79 Å². The minimum atomic E-state index is -0.243. The van der Waals surface area contributed by atoms with Gasteiger partial charge < -0.3 is 0 Å². The minimum absolute atomic E-state index is 0.243. The molecule has 0 N–H and O–H groups in total. The molecule has 14 heavy (non-hydrogen) atoms. The number of aliphatic imine (C=N–C) groups is 2. The zero-order chi connectivity index (χ0) is 9.54. The Morgan fingerprint density at radius 1 is 1.29 bits per heavy atom. The smallest absolute Gasteiger partial charge is 0.267 e. The fraction of sp³-hybridized carbons (Fsp3) is 0. The number of hydrogen-bond acceptors (Lipinski definition) is 3. The molecule has 2 heterocycles. The summed E-state index contributed by atoms with van der Waals surface area (Å²) in [6.07, 6.45) is 4.71. The standard InChI is InChI=1S/C10H5N3O/c14-10-7-4-8-6(2-1-3-11-8)9(7)12-5-13-10/h1-5H. The highest BCUT2D eigenvalue weighted by Crippen LogP contribution is 2.25. The minimum Gasteiger partial charge on any atom is -0.267 e. The van der Waals surface area contributed by atoms with Crippen molar-refractivity contribution in [2.24, 2.45) is 9.98 Å². The maximum absolute atomic E-state index is 11.4. The molecular formula is C10H5N3O. The van der Waals surface area contributed by atoms with E-state index in [9.17, 15) is 4.79 Å². The van der Waals surface area contributed by atoms with Gasteiger partial charge in [0, 0.05) is 11.8 Å². The molecule has 1 aromatic heterocycles. The molecule has 1 aliphatic heterocycles. The van der Waals surface area contributed by atoms with Gasteiger partial charge in [-0.05, 0) is 18.2 Å². The van der Waals surface area contributed by atoms with E-state index in [1.165, 1.54) is 6.34 Å². The fourth-order valence-corrected chi connectivity index (χ4v) is 1.59. The lowest BCUT2D eigenvalue weighted by Crippen LogP contribution is -2.13. The largest absolute Gasteiger partial charge is 0.280 e. The Hall–Kier alpha value is -2.10. The quantitative estimate of drug-likeness (QED) is 0.598. The Morgan fingerprint density at radius 2 is 2.21 bits per heavy atom. The van der Waals surface area contributed by atoms with Gasteiger partial charge in [-0.3, -0.25) is 9.78 Å². The average molecular weight is 183 g/mol. The van der Waals surface area contributed by atoms with Crippen LogP contribution in [0, 0.1) is 0 Å². The molecule has 4 nitrogen and oxygen atoms in total. The van der Waals surface area contributed by atoms with Crippen molar-refractivity contribution in [2.45, 2.75) is 0 Å². The zero-order valence-corrected chi connectivity index (χ0v) is 7.14. The van der Waals surface area contributed by atoms with Crippen LogP contribution >= 0.6 is 0 Å². The Kier molecular flexibility index (Phi) is 1.28. The van der Waals surface area contributed by atoms with Gasteiger partial charge in [0.1, 0.15) is 6.34 Å². The second kappa shape index (κ2) is 2.45. The van der Waals surface area contributed by atoms with Crippen LogP contribution in [0.4, 0.5) is 0 Å². The van der Waals surface area contributed by atoms with Gasteiger partial charge in [-0.25, -0.2) is 4.99 Å². The Morgan fingerprint density at radius 3 is 3.14 bits per heavy atom. The van der Waals surface area contributed by atoms with Crippen LogP contribution < -0.4 is 0 Å². The van der Waals surface area contributed by atoms with Gasteiger partial charge in [0.2, 0.25) is 0 Å². The SMILES string of the molecule is O=C1N=CN=C2C1=Cc1ncccc12. The lowest BCUT2D eigenvalue weighted by atomic mass is 10.1. The van der Waals surface area contributed by atoms with Crippen LogP contribution in [0.1, 0.15) is 11.3 Å². The molecule has 0 radical (unpaired) electrons. The number of nitrogens with zero attached hydrogens (tertiary/aromatic N) is 3. The van der Waals surface area contributed by atoms with E-state index in [0.29, 0.717) is 11.3 Å². The second-order valence-corrected chi connectivity index (χ2v) is 3.02. The predicted molar refractivity (Wildman–Crippen MR) is 52.3 cm³/mol. The molecule has 4 heteroatoms. The summed E-state index contributed by atoms with van der Waals surface area (Å²) in [7, 11) is 0. The Labute approximate surface area is 79.7 Å². The molecule has 3 rings (SSSR count). The molecule has 0 unspecified atom stereocenters. The molecule has 1 aromatic rings. The van der Waals surface area contributed by atoms with E-state index >= 15 is 0 Å². The van der Waals surface area contributed by atoms with E-state index in [2.05, 4.69) is 15.0 Å². The summed E-state index contributed by atoms with van der Waals surface area (Å²) >= 11 is 0. The van der Waals surface area contributed by atoms with E-state index in [4.69, 9.17) is 0 Å². The number of aromatic nitrogens is 1. The van der Waals surface area contributed by atoms with Gasteiger partial charge in [0.25, 0.3) is 5.91 Å². The highest BCUT2D eigenvalue weighted by Gasteiger charge is 2.27. The third kappa shape index (κ3) is 0.821. The van der Waals surface area contributed by atoms with E-state index in [-0.39, 0.29) is 5.91 Å². The van der Waals surface area contributed by atoms with E-state index in [0.717, 1.165) is 11.3 Å². The molecule has 0 aromatic carbocycles. The van der Waals surface area contributed by atoms with Crippen LogP contribution in [0.2, 0.25) is 0 Å². The lowest BCUT2D eigenvalue weighted by Gasteiger charge is -2.03. The Bertz CT molecular complexity index is 526. The number of amides is 1. The fourth-order valence-electron chi connectivity index (χ4n) is 1.59. The summed E-state index contributed by atoms with van der Waals surface area (Å²) in [5.74, 6) is -0.243. The van der Waals surface area contributed by atoms with Crippen molar-refractivity contribution < 1.29 is 4.79 Å². The lowest BCUT2D eigenvalue weighted by molar-refractivity contribution is -0.113. The molecule has 0 saturated heterocycles. The summed E-state index contributed by atoms with van der Waals surface area (Å²) in [6.45, 7) is 0. The van der Waals surface area contributed by atoms with E-state index in [1.807, 2.05) is 12.1 Å². The van der Waals surface area contributed by atoms with Gasteiger partial charge in [0.15, 0.2) is 0 Å². The maximum atomic E-state index is 11.4. The van der Waals surface area contributed by atoms with Crippen LogP contribution in [-0.4, -0.2) is 22.9 Å². The van der Waals surface area contributed by atoms with Crippen LogP contribution in [0.5, 0.6) is 0 Å². The molecule has 1 aliphatic carbocycles. The molecule has 0 saturated carbocycles. The van der Waals surface area contributed by atoms with Gasteiger partial charge in [-0.2, -0.15) is 4.99 Å². The highest BCUT2D eigenvalue weighted by molar-refractivity contribution is 6.37. The van der Waals surface area contributed by atoms with E-state index in [1.54, 1.807) is 12.3 Å². The van der Waals surface area contributed by atoms with Crippen molar-refractivity contribution in [3.8, 4) is 0 Å². The zero-order valence-electron chi connectivity index (χ0n) is 7.14. The summed E-state index contributed by atoms with van der Waals surface area (Å²) < 4.78 is 0. The monoisotopic (exact) mass is 183 g/mol. The van der Waals surface area contributed by atoms with Crippen LogP contribution in [0.15, 0.2) is 33.9 Å². The first-order valence-corrected chi connectivity index (χ1v) is 4.18. The van der Waals surface area contributed by atoms with Crippen LogP contribution in [0.25, 0.3) is 6.08 Å². The number of carbonyl (C=O) groups is 1. The molecule has 0 bridgehead atoms. The van der Waals surface area contributed by atoms with Crippen molar-refractivity contribution >= 4 is 24.0 Å². The van der Waals surface area contributed by atoms with Crippen molar-refractivity contribution in [1.82, 2.24) is 4.98 Å². The molecule has 0 fully saturated rings. The molecule has 0 spiro atoms. The maximum Gasteiger partial charge on any atom is 0.280 e. The number of carbonyl (C=O) groups excluding carboxylic acids is 1. The second-order valence-electron chi connectivity index (χ2n) is 3.02. The molecule has 2 aliphatic rings. The summed E-state index contributed by atoms with van der Waals surface area (Å²) in [5, 5.41) is 0. The first kappa shape index (κ1) is 7.32. The third-order valence-electron chi connectivity index (χ3n) is 2.22. The third-order valence-corrected chi connectivity index (χ3v) is 2.22. The highest BCUT2D eigenvalue weighted by atomic mass is 16.1. The van der Waals surface area contributed by atoms with Gasteiger partial charge >= 0.3 is 0 Å². The molecule has 1 amide bonds. The molecule has 66 valence electrons. The van der Waals surface area contributed by atoms with Crippen LogP contribution in [0.3, 0.4) is 0 Å². The van der Waals surface area contributed by atoms with Crippen molar-refractivity contribution in [3.63, 3.8) is 0 Å². The first-order valence-electron chi connectivity index (χ1n) is 4.18. The first-order chi connectivity index (χ1) is 6.86. The van der Waals surface area contributed by atoms with Crippen molar-refractivity contribution in [3.05, 3.63) is 35.2 Å². The summed E-state index contributed by atoms with van der Waals surface area (Å²) in [6, 6.07) is 3.73. The van der Waals surface area contributed by atoms with Crippen molar-refractivity contribution in [2.75, 3.05) is 0 Å². The van der Waals surface area contributed by atoms with Gasteiger partial charge in [-0.1, -0.05) is 0 Å². The van der Waals surface area contributed by atoms with Crippen molar-refractivity contribution in [1.29, 1.82) is 0 Å². The average Bonchev–Trinajstić information content (AvgIpc) is 2.59. The topological polar surface area (TPSA) is 54.7 Å². The number of rotatable bonds is 0. The normalized spacial score (nSPS) is 17.3. The summed E-state index contributed by atoms with van der Waals surface area (Å²) in [4.78, 5) is 23.2. The molecular weight excluding hydrogens is 178 g/mol.